The van der Waals surface area contributed by atoms with E-state index in [4.69, 9.17) is 4.74 Å². The van der Waals surface area contributed by atoms with Crippen molar-refractivity contribution in [2.75, 3.05) is 59.1 Å². The Kier molecular flexibility index (Phi) is 7.12. The zero-order valence-corrected chi connectivity index (χ0v) is 12.5. The van der Waals surface area contributed by atoms with Gasteiger partial charge in [-0.05, 0) is 5.56 Å². The second kappa shape index (κ2) is 9.12. The lowest BCUT2D eigenvalue weighted by Gasteiger charge is -2.30. The van der Waals surface area contributed by atoms with Crippen LogP contribution in [0, 0.1) is 0 Å². The molecule has 21 heavy (non-hydrogen) atoms. The highest BCUT2D eigenvalue weighted by Crippen LogP contribution is 2.13. The Bertz CT molecular complexity index is 382. The number of hydrogen-bond acceptors (Lipinski definition) is 5. The number of benzene rings is 1. The molecule has 1 unspecified atom stereocenters. The van der Waals surface area contributed by atoms with Crippen LogP contribution in [-0.2, 0) is 4.74 Å². The van der Waals surface area contributed by atoms with Gasteiger partial charge in [0, 0.05) is 39.3 Å². The maximum atomic E-state index is 10.3. The number of aliphatic hydroxyl groups excluding tert-OH is 2. The number of rotatable bonds is 8. The Morgan fingerprint density at radius 3 is 2.52 bits per heavy atom. The van der Waals surface area contributed by atoms with Gasteiger partial charge in [-0.1, -0.05) is 30.3 Å². The topological polar surface area (TPSA) is 56.2 Å². The molecule has 1 fully saturated rings. The molecule has 1 aromatic rings. The van der Waals surface area contributed by atoms with E-state index < -0.39 is 6.10 Å². The van der Waals surface area contributed by atoms with E-state index in [1.165, 1.54) is 0 Å². The van der Waals surface area contributed by atoms with E-state index in [0.717, 1.165) is 45.0 Å². The third kappa shape index (κ3) is 5.73. The summed E-state index contributed by atoms with van der Waals surface area (Å²) in [5.74, 6) is 0. The summed E-state index contributed by atoms with van der Waals surface area (Å²) in [6.45, 7) is 6.59. The molecule has 0 amide bonds. The first-order chi connectivity index (χ1) is 10.3. The van der Waals surface area contributed by atoms with Gasteiger partial charge < -0.3 is 14.9 Å². The smallest absolute Gasteiger partial charge is 0.0916 e. The molecule has 1 heterocycles. The van der Waals surface area contributed by atoms with Gasteiger partial charge in [0.15, 0.2) is 0 Å². The third-order valence-electron chi connectivity index (χ3n) is 3.87. The zero-order valence-electron chi connectivity index (χ0n) is 12.5. The SMILES string of the molecule is OCCN(CCN1CCOCC1)CC(O)c1ccccc1. The Morgan fingerprint density at radius 1 is 1.14 bits per heavy atom. The monoisotopic (exact) mass is 294 g/mol. The first-order valence-corrected chi connectivity index (χ1v) is 7.66. The molecule has 1 saturated heterocycles. The average Bonchev–Trinajstić information content (AvgIpc) is 2.54. The molecule has 0 radical (unpaired) electrons. The quantitative estimate of drug-likeness (QED) is 0.724. The zero-order chi connectivity index (χ0) is 14.9. The van der Waals surface area contributed by atoms with Crippen molar-refractivity contribution in [3.05, 3.63) is 35.9 Å². The summed E-state index contributed by atoms with van der Waals surface area (Å²) in [5, 5.41) is 19.5. The van der Waals surface area contributed by atoms with Crippen LogP contribution in [0.25, 0.3) is 0 Å². The van der Waals surface area contributed by atoms with E-state index in [2.05, 4.69) is 9.80 Å². The number of ether oxygens (including phenoxy) is 1. The molecule has 0 spiro atoms. The van der Waals surface area contributed by atoms with Crippen molar-refractivity contribution in [3.63, 3.8) is 0 Å². The van der Waals surface area contributed by atoms with E-state index in [-0.39, 0.29) is 6.61 Å². The first kappa shape index (κ1) is 16.4. The van der Waals surface area contributed by atoms with Gasteiger partial charge in [-0.25, -0.2) is 0 Å². The highest BCUT2D eigenvalue weighted by Gasteiger charge is 2.15. The third-order valence-corrected chi connectivity index (χ3v) is 3.87. The molecule has 5 nitrogen and oxygen atoms in total. The normalized spacial score (nSPS) is 18.0. The molecule has 0 aromatic heterocycles. The fraction of sp³-hybridized carbons (Fsp3) is 0.625. The highest BCUT2D eigenvalue weighted by atomic mass is 16.5. The summed E-state index contributed by atoms with van der Waals surface area (Å²) < 4.78 is 5.34. The Morgan fingerprint density at radius 2 is 1.86 bits per heavy atom. The standard InChI is InChI=1S/C16H26N2O3/c19-11-8-18(7-6-17-9-12-21-13-10-17)14-16(20)15-4-2-1-3-5-15/h1-5,16,19-20H,6-14H2. The molecule has 1 aliphatic heterocycles. The largest absolute Gasteiger partial charge is 0.395 e. The summed E-state index contributed by atoms with van der Waals surface area (Å²) in [6.07, 6.45) is -0.512. The van der Waals surface area contributed by atoms with Crippen molar-refractivity contribution >= 4 is 0 Å². The first-order valence-electron chi connectivity index (χ1n) is 7.66. The summed E-state index contributed by atoms with van der Waals surface area (Å²) in [5.41, 5.74) is 0.923. The molecule has 0 bridgehead atoms. The maximum Gasteiger partial charge on any atom is 0.0916 e. The van der Waals surface area contributed by atoms with Crippen molar-refractivity contribution in [1.82, 2.24) is 9.80 Å². The number of nitrogens with zero attached hydrogens (tertiary/aromatic N) is 2. The fourth-order valence-corrected chi connectivity index (χ4v) is 2.57. The number of morpholine rings is 1. The van der Waals surface area contributed by atoms with Crippen LogP contribution in [-0.4, -0.2) is 79.1 Å². The Hall–Kier alpha value is -0.980. The Balaban J connectivity index is 1.80. The highest BCUT2D eigenvalue weighted by molar-refractivity contribution is 5.17. The van der Waals surface area contributed by atoms with Crippen molar-refractivity contribution in [3.8, 4) is 0 Å². The molecule has 0 aliphatic carbocycles. The van der Waals surface area contributed by atoms with Crippen LogP contribution in [0.4, 0.5) is 0 Å². The maximum absolute atomic E-state index is 10.3. The lowest BCUT2D eigenvalue weighted by Crippen LogP contribution is -2.43. The minimum atomic E-state index is -0.512. The minimum Gasteiger partial charge on any atom is -0.395 e. The molecular weight excluding hydrogens is 268 g/mol. The van der Waals surface area contributed by atoms with Crippen molar-refractivity contribution in [2.24, 2.45) is 0 Å². The van der Waals surface area contributed by atoms with Crippen LogP contribution in [0.2, 0.25) is 0 Å². The molecule has 1 atom stereocenters. The van der Waals surface area contributed by atoms with E-state index in [0.29, 0.717) is 13.1 Å². The fourth-order valence-electron chi connectivity index (χ4n) is 2.57. The predicted octanol–water partition coefficient (Wildman–Crippen LogP) is 0.347. The average molecular weight is 294 g/mol. The van der Waals surface area contributed by atoms with E-state index in [1.807, 2.05) is 30.3 Å². The van der Waals surface area contributed by atoms with Gasteiger partial charge in [0.2, 0.25) is 0 Å². The molecule has 1 aliphatic rings. The van der Waals surface area contributed by atoms with Crippen LogP contribution >= 0.6 is 0 Å². The second-order valence-electron chi connectivity index (χ2n) is 5.40. The summed E-state index contributed by atoms with van der Waals surface area (Å²) >= 11 is 0. The van der Waals surface area contributed by atoms with Crippen molar-refractivity contribution in [1.29, 1.82) is 0 Å². The molecule has 0 saturated carbocycles. The summed E-state index contributed by atoms with van der Waals surface area (Å²) in [4.78, 5) is 4.48. The lowest BCUT2D eigenvalue weighted by molar-refractivity contribution is 0.0283. The summed E-state index contributed by atoms with van der Waals surface area (Å²) in [6, 6.07) is 9.68. The van der Waals surface area contributed by atoms with Gasteiger partial charge in [0.1, 0.15) is 0 Å². The van der Waals surface area contributed by atoms with Gasteiger partial charge in [0.25, 0.3) is 0 Å². The van der Waals surface area contributed by atoms with Crippen molar-refractivity contribution < 1.29 is 14.9 Å². The predicted molar refractivity (Wildman–Crippen MR) is 82.2 cm³/mol. The molecular formula is C16H26N2O3. The minimum absolute atomic E-state index is 0.116. The van der Waals surface area contributed by atoms with Gasteiger partial charge in [-0.15, -0.1) is 0 Å². The van der Waals surface area contributed by atoms with Crippen molar-refractivity contribution in [2.45, 2.75) is 6.10 Å². The Labute approximate surface area is 126 Å². The van der Waals surface area contributed by atoms with Gasteiger partial charge >= 0.3 is 0 Å². The molecule has 2 rings (SSSR count). The lowest BCUT2D eigenvalue weighted by atomic mass is 10.1. The molecule has 118 valence electrons. The summed E-state index contributed by atoms with van der Waals surface area (Å²) in [7, 11) is 0. The van der Waals surface area contributed by atoms with Crippen LogP contribution in [0.3, 0.4) is 0 Å². The van der Waals surface area contributed by atoms with Crippen LogP contribution in [0.1, 0.15) is 11.7 Å². The van der Waals surface area contributed by atoms with E-state index in [1.54, 1.807) is 0 Å². The number of hydrogen-bond donors (Lipinski definition) is 2. The van der Waals surface area contributed by atoms with E-state index >= 15 is 0 Å². The van der Waals surface area contributed by atoms with Crippen LogP contribution in [0.5, 0.6) is 0 Å². The number of aliphatic hydroxyl groups is 2. The van der Waals surface area contributed by atoms with Crippen LogP contribution in [0.15, 0.2) is 30.3 Å². The van der Waals surface area contributed by atoms with Gasteiger partial charge in [0.05, 0.1) is 25.9 Å². The van der Waals surface area contributed by atoms with E-state index in [9.17, 15) is 10.2 Å². The molecule has 2 N–H and O–H groups in total. The molecule has 1 aromatic carbocycles. The second-order valence-corrected chi connectivity index (χ2v) is 5.40. The molecule has 5 heteroatoms. The van der Waals surface area contributed by atoms with Crippen LogP contribution < -0.4 is 0 Å². The van der Waals surface area contributed by atoms with Gasteiger partial charge in [-0.2, -0.15) is 0 Å². The van der Waals surface area contributed by atoms with Gasteiger partial charge in [-0.3, -0.25) is 9.80 Å².